The molecule has 1 aliphatic carbocycles. The summed E-state index contributed by atoms with van der Waals surface area (Å²) in [5.41, 5.74) is 1.13. The van der Waals surface area contributed by atoms with Gasteiger partial charge in [-0.25, -0.2) is 9.97 Å². The lowest BCUT2D eigenvalue weighted by Gasteiger charge is -2.16. The molecule has 16 heavy (non-hydrogen) atoms. The summed E-state index contributed by atoms with van der Waals surface area (Å²) in [6, 6.07) is 2.59. The van der Waals surface area contributed by atoms with Crippen molar-refractivity contribution < 1.29 is 0 Å². The maximum Gasteiger partial charge on any atom is 0.224 e. The van der Waals surface area contributed by atoms with E-state index in [1.807, 2.05) is 38.3 Å². The molecule has 1 saturated carbocycles. The van der Waals surface area contributed by atoms with Crippen LogP contribution in [0.2, 0.25) is 0 Å². The van der Waals surface area contributed by atoms with Gasteiger partial charge in [-0.2, -0.15) is 0 Å². The molecule has 4 nitrogen and oxygen atoms in total. The van der Waals surface area contributed by atoms with Gasteiger partial charge in [0, 0.05) is 38.4 Å². The number of anilines is 1. The summed E-state index contributed by atoms with van der Waals surface area (Å²) >= 11 is 0. The lowest BCUT2D eigenvalue weighted by atomic mass is 10.1. The summed E-state index contributed by atoms with van der Waals surface area (Å²) in [5.74, 6) is 1.64. The van der Waals surface area contributed by atoms with Gasteiger partial charge >= 0.3 is 0 Å². The molecule has 0 aromatic carbocycles. The van der Waals surface area contributed by atoms with Gasteiger partial charge in [-0.1, -0.05) is 0 Å². The van der Waals surface area contributed by atoms with Crippen molar-refractivity contribution >= 4 is 5.95 Å². The number of nitrogens with one attached hydrogen (secondary N) is 1. The van der Waals surface area contributed by atoms with E-state index < -0.39 is 0 Å². The quantitative estimate of drug-likeness (QED) is 0.806. The smallest absolute Gasteiger partial charge is 0.224 e. The van der Waals surface area contributed by atoms with E-state index in [9.17, 15) is 0 Å². The van der Waals surface area contributed by atoms with Gasteiger partial charge in [-0.15, -0.1) is 0 Å². The summed E-state index contributed by atoms with van der Waals surface area (Å²) in [5, 5.41) is 3.39. The Morgan fingerprint density at radius 1 is 1.50 bits per heavy atom. The van der Waals surface area contributed by atoms with Crippen LogP contribution in [0.5, 0.6) is 0 Å². The van der Waals surface area contributed by atoms with Crippen LogP contribution in [0.1, 0.15) is 18.5 Å². The maximum absolute atomic E-state index is 4.54. The molecule has 1 atom stereocenters. The Bertz CT molecular complexity index is 347. The van der Waals surface area contributed by atoms with E-state index in [1.165, 1.54) is 12.8 Å². The highest BCUT2D eigenvalue weighted by Crippen LogP contribution is 2.33. The zero-order valence-corrected chi connectivity index (χ0v) is 10.3. The SMILES string of the molecule is CNC(Cc1ccnc(N(C)C)n1)C1CC1. The number of likely N-dealkylation sites (N-methyl/N-ethyl adjacent to an activating group) is 1. The van der Waals surface area contributed by atoms with E-state index in [4.69, 9.17) is 0 Å². The summed E-state index contributed by atoms with van der Waals surface area (Å²) < 4.78 is 0. The Morgan fingerprint density at radius 3 is 2.81 bits per heavy atom. The van der Waals surface area contributed by atoms with Crippen molar-refractivity contribution in [3.63, 3.8) is 0 Å². The summed E-state index contributed by atoms with van der Waals surface area (Å²) in [6.07, 6.45) is 5.57. The first kappa shape index (κ1) is 11.3. The van der Waals surface area contributed by atoms with E-state index >= 15 is 0 Å². The van der Waals surface area contributed by atoms with Crippen molar-refractivity contribution in [2.45, 2.75) is 25.3 Å². The molecule has 1 unspecified atom stereocenters. The van der Waals surface area contributed by atoms with Crippen molar-refractivity contribution in [1.82, 2.24) is 15.3 Å². The third-order valence-electron chi connectivity index (χ3n) is 3.09. The van der Waals surface area contributed by atoms with Crippen LogP contribution in [-0.4, -0.2) is 37.2 Å². The van der Waals surface area contributed by atoms with Crippen LogP contribution in [-0.2, 0) is 6.42 Å². The molecule has 1 fully saturated rings. The van der Waals surface area contributed by atoms with Crippen LogP contribution >= 0.6 is 0 Å². The third-order valence-corrected chi connectivity index (χ3v) is 3.09. The second-order valence-corrected chi connectivity index (χ2v) is 4.68. The van der Waals surface area contributed by atoms with E-state index in [1.54, 1.807) is 0 Å². The van der Waals surface area contributed by atoms with E-state index in [0.717, 1.165) is 24.0 Å². The van der Waals surface area contributed by atoms with Crippen LogP contribution in [0.25, 0.3) is 0 Å². The third kappa shape index (κ3) is 2.70. The average Bonchev–Trinajstić information content (AvgIpc) is 3.10. The minimum absolute atomic E-state index is 0.574. The van der Waals surface area contributed by atoms with E-state index in [0.29, 0.717) is 6.04 Å². The van der Waals surface area contributed by atoms with Gasteiger partial charge in [0.25, 0.3) is 0 Å². The van der Waals surface area contributed by atoms with Crippen molar-refractivity contribution in [3.8, 4) is 0 Å². The largest absolute Gasteiger partial charge is 0.347 e. The second-order valence-electron chi connectivity index (χ2n) is 4.68. The topological polar surface area (TPSA) is 41.1 Å². The van der Waals surface area contributed by atoms with Gasteiger partial charge in [0.15, 0.2) is 0 Å². The van der Waals surface area contributed by atoms with Crippen molar-refractivity contribution in [1.29, 1.82) is 0 Å². The van der Waals surface area contributed by atoms with Crippen molar-refractivity contribution in [3.05, 3.63) is 18.0 Å². The fourth-order valence-electron chi connectivity index (χ4n) is 1.94. The molecule has 1 heterocycles. The molecule has 2 rings (SSSR count). The molecule has 1 N–H and O–H groups in total. The molecule has 0 bridgehead atoms. The standard InChI is InChI=1S/C12H20N4/c1-13-11(9-4-5-9)8-10-6-7-14-12(15-10)16(2)3/h6-7,9,11,13H,4-5,8H2,1-3H3. The van der Waals surface area contributed by atoms with Crippen LogP contribution < -0.4 is 10.2 Å². The zero-order valence-electron chi connectivity index (χ0n) is 10.3. The van der Waals surface area contributed by atoms with Crippen LogP contribution in [0.15, 0.2) is 12.3 Å². The number of nitrogens with zero attached hydrogens (tertiary/aromatic N) is 3. The van der Waals surface area contributed by atoms with Gasteiger partial charge in [0.1, 0.15) is 0 Å². The van der Waals surface area contributed by atoms with Gasteiger partial charge < -0.3 is 10.2 Å². The highest BCUT2D eigenvalue weighted by atomic mass is 15.2. The summed E-state index contributed by atoms with van der Waals surface area (Å²) in [6.45, 7) is 0. The van der Waals surface area contributed by atoms with E-state index in [-0.39, 0.29) is 0 Å². The van der Waals surface area contributed by atoms with Crippen LogP contribution in [0.4, 0.5) is 5.95 Å². The fourth-order valence-corrected chi connectivity index (χ4v) is 1.94. The predicted molar refractivity (Wildman–Crippen MR) is 65.6 cm³/mol. The molecular formula is C12H20N4. The Balaban J connectivity index is 2.05. The number of hydrogen-bond acceptors (Lipinski definition) is 4. The Labute approximate surface area is 97.1 Å². The fraction of sp³-hybridized carbons (Fsp3) is 0.667. The molecule has 88 valence electrons. The van der Waals surface area contributed by atoms with Gasteiger partial charge in [-0.3, -0.25) is 0 Å². The average molecular weight is 220 g/mol. The van der Waals surface area contributed by atoms with Gasteiger partial charge in [0.05, 0.1) is 0 Å². The molecule has 4 heteroatoms. The minimum Gasteiger partial charge on any atom is -0.347 e. The number of aromatic nitrogens is 2. The highest BCUT2D eigenvalue weighted by Gasteiger charge is 2.30. The maximum atomic E-state index is 4.54. The molecule has 0 spiro atoms. The second kappa shape index (κ2) is 4.78. The van der Waals surface area contributed by atoms with Crippen LogP contribution in [0, 0.1) is 5.92 Å². The highest BCUT2D eigenvalue weighted by molar-refractivity contribution is 5.27. The molecule has 0 saturated heterocycles. The molecule has 0 amide bonds. The zero-order chi connectivity index (χ0) is 11.5. The summed E-state index contributed by atoms with van der Waals surface area (Å²) in [4.78, 5) is 10.7. The van der Waals surface area contributed by atoms with Gasteiger partial charge in [0.2, 0.25) is 5.95 Å². The normalized spacial score (nSPS) is 17.2. The first-order valence-corrected chi connectivity index (χ1v) is 5.87. The first-order chi connectivity index (χ1) is 7.70. The van der Waals surface area contributed by atoms with Crippen molar-refractivity contribution in [2.75, 3.05) is 26.0 Å². The Morgan fingerprint density at radius 2 is 2.25 bits per heavy atom. The lowest BCUT2D eigenvalue weighted by Crippen LogP contribution is -2.30. The lowest BCUT2D eigenvalue weighted by molar-refractivity contribution is 0.495. The molecule has 1 aromatic heterocycles. The minimum atomic E-state index is 0.574. The molecule has 1 aromatic rings. The van der Waals surface area contributed by atoms with Crippen molar-refractivity contribution in [2.24, 2.45) is 5.92 Å². The predicted octanol–water partition coefficient (Wildman–Crippen LogP) is 1.08. The molecule has 1 aliphatic rings. The number of hydrogen-bond donors (Lipinski definition) is 1. The number of rotatable bonds is 5. The Kier molecular flexibility index (Phi) is 3.39. The summed E-state index contributed by atoms with van der Waals surface area (Å²) in [7, 11) is 5.97. The first-order valence-electron chi connectivity index (χ1n) is 5.87. The van der Waals surface area contributed by atoms with Gasteiger partial charge in [-0.05, 0) is 31.9 Å². The van der Waals surface area contributed by atoms with E-state index in [2.05, 4.69) is 15.3 Å². The molecule has 0 aliphatic heterocycles. The monoisotopic (exact) mass is 220 g/mol. The Hall–Kier alpha value is -1.16. The van der Waals surface area contributed by atoms with Crippen LogP contribution in [0.3, 0.4) is 0 Å². The molecule has 0 radical (unpaired) electrons. The molecular weight excluding hydrogens is 200 g/mol.